The molecule has 0 aromatic heterocycles. The number of fused-ring (bicyclic) bond motifs is 1. The third-order valence-corrected chi connectivity index (χ3v) is 4.21. The van der Waals surface area contributed by atoms with Crippen molar-refractivity contribution in [2.45, 2.75) is 64.0 Å². The highest BCUT2D eigenvalue weighted by Gasteiger charge is 2.39. The molecule has 1 heterocycles. The first-order chi connectivity index (χ1) is 7.74. The summed E-state index contributed by atoms with van der Waals surface area (Å²) < 4.78 is 0. The molecule has 2 fully saturated rings. The van der Waals surface area contributed by atoms with Gasteiger partial charge < -0.3 is 10.6 Å². The molecule has 1 saturated carbocycles. The van der Waals surface area contributed by atoms with Gasteiger partial charge in [-0.05, 0) is 31.6 Å². The molecule has 0 aromatic rings. The normalized spacial score (nSPS) is 31.2. The summed E-state index contributed by atoms with van der Waals surface area (Å²) in [5.41, 5.74) is 5.94. The minimum absolute atomic E-state index is 0.205. The van der Waals surface area contributed by atoms with Gasteiger partial charge in [-0.3, -0.25) is 4.79 Å². The zero-order chi connectivity index (χ0) is 11.5. The fraction of sp³-hybridized carbons (Fsp3) is 0.923. The molecule has 2 N–H and O–H groups in total. The van der Waals surface area contributed by atoms with E-state index in [1.165, 1.54) is 32.1 Å². The first-order valence-corrected chi connectivity index (χ1v) is 6.80. The van der Waals surface area contributed by atoms with Crippen molar-refractivity contribution in [2.75, 3.05) is 6.54 Å². The van der Waals surface area contributed by atoms with Crippen molar-refractivity contribution >= 4 is 5.91 Å². The van der Waals surface area contributed by atoms with Gasteiger partial charge in [0.25, 0.3) is 0 Å². The van der Waals surface area contributed by atoms with E-state index < -0.39 is 0 Å². The Morgan fingerprint density at radius 3 is 2.88 bits per heavy atom. The monoisotopic (exact) mass is 224 g/mol. The summed E-state index contributed by atoms with van der Waals surface area (Å²) in [5, 5.41) is 0. The summed E-state index contributed by atoms with van der Waals surface area (Å²) in [6, 6.07) is 0.259. The van der Waals surface area contributed by atoms with Crippen LogP contribution in [0.4, 0.5) is 0 Å². The van der Waals surface area contributed by atoms with Gasteiger partial charge in [-0.25, -0.2) is 0 Å². The SMILES string of the molecule is CCC[C@H](N)C(=O)N1CCC2CCCCC21. The molecule has 92 valence electrons. The van der Waals surface area contributed by atoms with Gasteiger partial charge in [-0.2, -0.15) is 0 Å². The molecule has 0 radical (unpaired) electrons. The summed E-state index contributed by atoms with van der Waals surface area (Å²) in [6.45, 7) is 3.03. The van der Waals surface area contributed by atoms with Gasteiger partial charge in [0.15, 0.2) is 0 Å². The predicted molar refractivity (Wildman–Crippen MR) is 65.0 cm³/mol. The third-order valence-electron chi connectivity index (χ3n) is 4.21. The number of rotatable bonds is 3. The molecule has 1 amide bonds. The lowest BCUT2D eigenvalue weighted by Crippen LogP contribution is -2.47. The molecule has 2 aliphatic rings. The highest BCUT2D eigenvalue weighted by molar-refractivity contribution is 5.82. The van der Waals surface area contributed by atoms with Crippen LogP contribution >= 0.6 is 0 Å². The van der Waals surface area contributed by atoms with Crippen molar-refractivity contribution in [3.63, 3.8) is 0 Å². The van der Waals surface area contributed by atoms with E-state index >= 15 is 0 Å². The predicted octanol–water partition coefficient (Wildman–Crippen LogP) is 1.90. The van der Waals surface area contributed by atoms with E-state index in [0.717, 1.165) is 25.3 Å². The maximum atomic E-state index is 12.2. The van der Waals surface area contributed by atoms with Crippen LogP contribution in [-0.2, 0) is 4.79 Å². The fourth-order valence-electron chi connectivity index (χ4n) is 3.33. The molecule has 3 atom stereocenters. The van der Waals surface area contributed by atoms with Crippen LogP contribution in [0.3, 0.4) is 0 Å². The Morgan fingerprint density at radius 2 is 2.12 bits per heavy atom. The van der Waals surface area contributed by atoms with Crippen molar-refractivity contribution < 1.29 is 4.79 Å². The molecule has 0 spiro atoms. The second-order valence-corrected chi connectivity index (χ2v) is 5.33. The molecular formula is C13H24N2O. The van der Waals surface area contributed by atoms with Crippen molar-refractivity contribution in [3.8, 4) is 0 Å². The standard InChI is InChI=1S/C13H24N2O/c1-2-5-11(14)13(16)15-9-8-10-6-3-4-7-12(10)15/h10-12H,2-9,14H2,1H3/t10?,11-,12?/m0/s1. The summed E-state index contributed by atoms with van der Waals surface area (Å²) in [7, 11) is 0. The molecular weight excluding hydrogens is 200 g/mol. The highest BCUT2D eigenvalue weighted by Crippen LogP contribution is 2.36. The molecule has 0 aromatic carbocycles. The molecule has 1 saturated heterocycles. The Kier molecular flexibility index (Phi) is 3.85. The Morgan fingerprint density at radius 1 is 1.38 bits per heavy atom. The average molecular weight is 224 g/mol. The van der Waals surface area contributed by atoms with Crippen molar-refractivity contribution in [1.29, 1.82) is 0 Å². The zero-order valence-electron chi connectivity index (χ0n) is 10.3. The molecule has 2 unspecified atom stereocenters. The second kappa shape index (κ2) is 5.17. The van der Waals surface area contributed by atoms with Gasteiger partial charge in [-0.15, -0.1) is 0 Å². The topological polar surface area (TPSA) is 46.3 Å². The number of nitrogens with two attached hydrogens (primary N) is 1. The Labute approximate surface area is 98.4 Å². The van der Waals surface area contributed by atoms with Gasteiger partial charge in [0, 0.05) is 12.6 Å². The van der Waals surface area contributed by atoms with Crippen LogP contribution in [0, 0.1) is 5.92 Å². The Bertz CT molecular complexity index is 254. The minimum atomic E-state index is -0.259. The van der Waals surface area contributed by atoms with Gasteiger partial charge in [0.1, 0.15) is 0 Å². The lowest BCUT2D eigenvalue weighted by molar-refractivity contribution is -0.134. The minimum Gasteiger partial charge on any atom is -0.338 e. The van der Waals surface area contributed by atoms with E-state index in [9.17, 15) is 4.79 Å². The summed E-state index contributed by atoms with van der Waals surface area (Å²) in [6.07, 6.45) is 8.18. The first kappa shape index (κ1) is 11.9. The quantitative estimate of drug-likeness (QED) is 0.796. The number of amides is 1. The van der Waals surface area contributed by atoms with Gasteiger partial charge in [0.05, 0.1) is 6.04 Å². The van der Waals surface area contributed by atoms with Crippen molar-refractivity contribution in [1.82, 2.24) is 4.90 Å². The largest absolute Gasteiger partial charge is 0.338 e. The zero-order valence-corrected chi connectivity index (χ0v) is 10.3. The van der Waals surface area contributed by atoms with Gasteiger partial charge >= 0.3 is 0 Å². The number of nitrogens with zero attached hydrogens (tertiary/aromatic N) is 1. The lowest BCUT2D eigenvalue weighted by atomic mass is 9.85. The number of likely N-dealkylation sites (tertiary alicyclic amines) is 1. The number of carbonyl (C=O) groups is 1. The summed E-state index contributed by atoms with van der Waals surface area (Å²) in [5.74, 6) is 0.975. The van der Waals surface area contributed by atoms with Crippen molar-refractivity contribution in [2.24, 2.45) is 11.7 Å². The molecule has 3 heteroatoms. The van der Waals surface area contributed by atoms with E-state index in [4.69, 9.17) is 5.73 Å². The highest BCUT2D eigenvalue weighted by atomic mass is 16.2. The van der Waals surface area contributed by atoms with E-state index in [0.29, 0.717) is 6.04 Å². The molecule has 1 aliphatic carbocycles. The third kappa shape index (κ3) is 2.24. The number of hydrogen-bond donors (Lipinski definition) is 1. The van der Waals surface area contributed by atoms with Crippen LogP contribution < -0.4 is 5.73 Å². The molecule has 2 rings (SSSR count). The van der Waals surface area contributed by atoms with Crippen LogP contribution in [-0.4, -0.2) is 29.4 Å². The number of carbonyl (C=O) groups excluding carboxylic acids is 1. The first-order valence-electron chi connectivity index (χ1n) is 6.80. The molecule has 16 heavy (non-hydrogen) atoms. The van der Waals surface area contributed by atoms with Crippen LogP contribution in [0.2, 0.25) is 0 Å². The van der Waals surface area contributed by atoms with E-state index in [-0.39, 0.29) is 11.9 Å². The maximum absolute atomic E-state index is 12.2. The smallest absolute Gasteiger partial charge is 0.239 e. The van der Waals surface area contributed by atoms with Gasteiger partial charge in [-0.1, -0.05) is 26.2 Å². The Balaban J connectivity index is 1.96. The summed E-state index contributed by atoms with van der Waals surface area (Å²) >= 11 is 0. The summed E-state index contributed by atoms with van der Waals surface area (Å²) in [4.78, 5) is 14.3. The maximum Gasteiger partial charge on any atom is 0.239 e. The van der Waals surface area contributed by atoms with Crippen LogP contribution in [0.25, 0.3) is 0 Å². The van der Waals surface area contributed by atoms with Crippen LogP contribution in [0.1, 0.15) is 51.9 Å². The van der Waals surface area contributed by atoms with E-state index in [1.54, 1.807) is 0 Å². The second-order valence-electron chi connectivity index (χ2n) is 5.33. The Hall–Kier alpha value is -0.570. The van der Waals surface area contributed by atoms with E-state index in [1.807, 2.05) is 0 Å². The van der Waals surface area contributed by atoms with Crippen LogP contribution in [0.5, 0.6) is 0 Å². The molecule has 1 aliphatic heterocycles. The molecule has 3 nitrogen and oxygen atoms in total. The van der Waals surface area contributed by atoms with Crippen LogP contribution in [0.15, 0.2) is 0 Å². The van der Waals surface area contributed by atoms with Crippen molar-refractivity contribution in [3.05, 3.63) is 0 Å². The number of hydrogen-bond acceptors (Lipinski definition) is 2. The average Bonchev–Trinajstić information content (AvgIpc) is 2.72. The lowest BCUT2D eigenvalue weighted by Gasteiger charge is -2.33. The molecule has 0 bridgehead atoms. The van der Waals surface area contributed by atoms with Gasteiger partial charge in [0.2, 0.25) is 5.91 Å². The van der Waals surface area contributed by atoms with E-state index in [2.05, 4.69) is 11.8 Å². The fourth-order valence-corrected chi connectivity index (χ4v) is 3.33.